The third-order valence-electron chi connectivity index (χ3n) is 3.11. The first-order chi connectivity index (χ1) is 11.4. The Balaban J connectivity index is 1.70. The summed E-state index contributed by atoms with van der Waals surface area (Å²) in [6.45, 7) is 0.0955. The van der Waals surface area contributed by atoms with E-state index >= 15 is 0 Å². The van der Waals surface area contributed by atoms with Crippen LogP contribution < -0.4 is 20.1 Å². The van der Waals surface area contributed by atoms with E-state index in [4.69, 9.17) is 21.7 Å². The van der Waals surface area contributed by atoms with Crippen molar-refractivity contribution in [2.24, 2.45) is 0 Å². The van der Waals surface area contributed by atoms with E-state index in [1.54, 1.807) is 12.1 Å². The molecule has 0 bridgehead atoms. The number of fused-ring (bicyclic) bond motifs is 1. The molecule has 2 aromatic rings. The number of rotatable bonds is 2. The molecule has 0 unspecified atom stereocenters. The van der Waals surface area contributed by atoms with Gasteiger partial charge < -0.3 is 14.8 Å². The Labute approximate surface area is 149 Å². The molecule has 5 nitrogen and oxygen atoms in total. The van der Waals surface area contributed by atoms with Crippen LogP contribution in [0.1, 0.15) is 10.4 Å². The summed E-state index contributed by atoms with van der Waals surface area (Å²) in [6, 6.07) is 6.43. The third-order valence-corrected chi connectivity index (χ3v) is 3.94. The number of nitrogens with one attached hydrogen (secondary N) is 2. The maximum Gasteiger partial charge on any atom is 0.257 e. The van der Waals surface area contributed by atoms with Crippen LogP contribution in [0.3, 0.4) is 0 Å². The fourth-order valence-electron chi connectivity index (χ4n) is 2.02. The summed E-state index contributed by atoms with van der Waals surface area (Å²) in [5, 5.41) is 4.79. The van der Waals surface area contributed by atoms with Crippen molar-refractivity contribution >= 4 is 44.9 Å². The number of benzene rings is 2. The topological polar surface area (TPSA) is 59.6 Å². The Hall–Kier alpha value is -2.26. The molecular weight excluding hydrogens is 406 g/mol. The Bertz CT molecular complexity index is 824. The van der Waals surface area contributed by atoms with Crippen LogP contribution in [0.15, 0.2) is 34.8 Å². The van der Waals surface area contributed by atoms with E-state index in [2.05, 4.69) is 26.6 Å². The Morgan fingerprint density at radius 1 is 1.17 bits per heavy atom. The van der Waals surface area contributed by atoms with E-state index in [1.165, 1.54) is 6.07 Å². The molecule has 24 heavy (non-hydrogen) atoms. The summed E-state index contributed by atoms with van der Waals surface area (Å²) in [5.41, 5.74) is 0.217. The first-order valence-corrected chi connectivity index (χ1v) is 7.80. The largest absolute Gasteiger partial charge is 0.454 e. The number of carbonyl (C=O) groups is 1. The molecular formula is C15H9BrF2N2O3S. The average molecular weight is 415 g/mol. The lowest BCUT2D eigenvalue weighted by molar-refractivity contribution is 0.0977. The van der Waals surface area contributed by atoms with Gasteiger partial charge in [0.05, 0.1) is 5.69 Å². The van der Waals surface area contributed by atoms with Crippen LogP contribution in [0.25, 0.3) is 0 Å². The highest BCUT2D eigenvalue weighted by Gasteiger charge is 2.17. The lowest BCUT2D eigenvalue weighted by Gasteiger charge is -2.12. The molecule has 1 aliphatic heterocycles. The van der Waals surface area contributed by atoms with E-state index in [1.807, 2.05) is 0 Å². The second-order valence-electron chi connectivity index (χ2n) is 4.72. The van der Waals surface area contributed by atoms with Gasteiger partial charge in [-0.1, -0.05) is 0 Å². The molecule has 0 aliphatic carbocycles. The lowest BCUT2D eigenvalue weighted by atomic mass is 10.2. The molecule has 0 saturated heterocycles. The van der Waals surface area contributed by atoms with Crippen LogP contribution in [0.5, 0.6) is 11.5 Å². The number of carbonyl (C=O) groups excluding carboxylic acids is 1. The number of hydrogen-bond acceptors (Lipinski definition) is 4. The fraction of sp³-hybridized carbons (Fsp3) is 0.0667. The summed E-state index contributed by atoms with van der Waals surface area (Å²) in [6.07, 6.45) is 0. The summed E-state index contributed by atoms with van der Waals surface area (Å²) in [5.74, 6) is -1.09. The van der Waals surface area contributed by atoms with Crippen molar-refractivity contribution in [2.45, 2.75) is 0 Å². The van der Waals surface area contributed by atoms with Crippen LogP contribution in [0, 0.1) is 11.6 Å². The quantitative estimate of drug-likeness (QED) is 0.735. The minimum absolute atomic E-state index is 0.0765. The summed E-state index contributed by atoms with van der Waals surface area (Å²) < 4.78 is 37.3. The van der Waals surface area contributed by atoms with Crippen LogP contribution in [-0.2, 0) is 0 Å². The molecule has 124 valence electrons. The Kier molecular flexibility index (Phi) is 4.63. The molecule has 1 amide bonds. The van der Waals surface area contributed by atoms with Crippen molar-refractivity contribution in [1.82, 2.24) is 5.32 Å². The smallest absolute Gasteiger partial charge is 0.257 e. The zero-order chi connectivity index (χ0) is 17.3. The first-order valence-electron chi connectivity index (χ1n) is 6.60. The second-order valence-corrected chi connectivity index (χ2v) is 5.98. The average Bonchev–Trinajstić information content (AvgIpc) is 2.98. The molecule has 0 aromatic heterocycles. The predicted octanol–water partition coefficient (Wildman–Crippen LogP) is 3.58. The van der Waals surface area contributed by atoms with Gasteiger partial charge in [0.15, 0.2) is 22.4 Å². The highest BCUT2D eigenvalue weighted by molar-refractivity contribution is 9.10. The zero-order valence-corrected chi connectivity index (χ0v) is 14.3. The summed E-state index contributed by atoms with van der Waals surface area (Å²) in [7, 11) is 0. The molecule has 1 aliphatic rings. The van der Waals surface area contributed by atoms with E-state index < -0.39 is 17.5 Å². The monoisotopic (exact) mass is 414 g/mol. The van der Waals surface area contributed by atoms with E-state index in [9.17, 15) is 13.6 Å². The fourth-order valence-corrected chi connectivity index (χ4v) is 2.72. The van der Waals surface area contributed by atoms with Gasteiger partial charge in [-0.05, 0) is 52.4 Å². The van der Waals surface area contributed by atoms with Crippen LogP contribution in [0.2, 0.25) is 0 Å². The van der Waals surface area contributed by atoms with Crippen molar-refractivity contribution in [1.29, 1.82) is 0 Å². The van der Waals surface area contributed by atoms with Gasteiger partial charge in [0.25, 0.3) is 5.91 Å². The van der Waals surface area contributed by atoms with Crippen molar-refractivity contribution in [3.05, 3.63) is 52.0 Å². The molecule has 9 heteroatoms. The van der Waals surface area contributed by atoms with Gasteiger partial charge in [0, 0.05) is 16.1 Å². The molecule has 0 spiro atoms. The van der Waals surface area contributed by atoms with Gasteiger partial charge >= 0.3 is 0 Å². The SMILES string of the molecule is O=C(NC(=S)Nc1c(F)cc(F)cc1Br)c1ccc2c(c1)OCO2. The minimum atomic E-state index is -0.846. The van der Waals surface area contributed by atoms with E-state index in [-0.39, 0.29) is 22.1 Å². The first kappa shape index (κ1) is 16.6. The maximum absolute atomic E-state index is 13.7. The number of ether oxygens (including phenoxy) is 2. The van der Waals surface area contributed by atoms with Gasteiger partial charge in [0.2, 0.25) is 6.79 Å². The Morgan fingerprint density at radius 2 is 1.92 bits per heavy atom. The van der Waals surface area contributed by atoms with Crippen LogP contribution >= 0.6 is 28.1 Å². The zero-order valence-electron chi connectivity index (χ0n) is 11.9. The molecule has 0 atom stereocenters. The third kappa shape index (κ3) is 3.46. The van der Waals surface area contributed by atoms with E-state index in [0.29, 0.717) is 23.1 Å². The highest BCUT2D eigenvalue weighted by Crippen LogP contribution is 2.32. The van der Waals surface area contributed by atoms with Gasteiger partial charge in [-0.3, -0.25) is 10.1 Å². The van der Waals surface area contributed by atoms with Crippen molar-refractivity contribution in [2.75, 3.05) is 12.1 Å². The second kappa shape index (κ2) is 6.70. The van der Waals surface area contributed by atoms with Gasteiger partial charge in [0.1, 0.15) is 5.82 Å². The normalized spacial score (nSPS) is 12.0. The molecule has 0 fully saturated rings. The number of hydrogen-bond donors (Lipinski definition) is 2. The number of anilines is 1. The van der Waals surface area contributed by atoms with Crippen molar-refractivity contribution < 1.29 is 23.0 Å². The van der Waals surface area contributed by atoms with Crippen molar-refractivity contribution in [3.63, 3.8) is 0 Å². The minimum Gasteiger partial charge on any atom is -0.454 e. The Morgan fingerprint density at radius 3 is 2.67 bits per heavy atom. The van der Waals surface area contributed by atoms with Gasteiger partial charge in [-0.2, -0.15) is 0 Å². The highest BCUT2D eigenvalue weighted by atomic mass is 79.9. The molecule has 0 saturated carbocycles. The summed E-state index contributed by atoms with van der Waals surface area (Å²) >= 11 is 8.01. The lowest BCUT2D eigenvalue weighted by Crippen LogP contribution is -2.34. The van der Waals surface area contributed by atoms with Crippen molar-refractivity contribution in [3.8, 4) is 11.5 Å². The molecule has 1 heterocycles. The summed E-state index contributed by atoms with van der Waals surface area (Å²) in [4.78, 5) is 12.2. The van der Waals surface area contributed by atoms with Crippen LogP contribution in [-0.4, -0.2) is 17.8 Å². The number of amides is 1. The van der Waals surface area contributed by atoms with Crippen LogP contribution in [0.4, 0.5) is 14.5 Å². The number of halogens is 3. The molecule has 3 rings (SSSR count). The number of thiocarbonyl (C=S) groups is 1. The molecule has 2 N–H and O–H groups in total. The van der Waals surface area contributed by atoms with Gasteiger partial charge in [-0.15, -0.1) is 0 Å². The predicted molar refractivity (Wildman–Crippen MR) is 90.3 cm³/mol. The van der Waals surface area contributed by atoms with Gasteiger partial charge in [-0.25, -0.2) is 8.78 Å². The molecule has 2 aromatic carbocycles. The molecule has 0 radical (unpaired) electrons. The van der Waals surface area contributed by atoms with E-state index in [0.717, 1.165) is 6.07 Å². The standard InChI is InChI=1S/C15H9BrF2N2O3S/c16-9-4-8(17)5-10(18)13(9)19-15(24)20-14(21)7-1-2-11-12(3-7)23-6-22-11/h1-5H,6H2,(H2,19,20,21,24). The maximum atomic E-state index is 13.7.